The van der Waals surface area contributed by atoms with Gasteiger partial charge in [-0.15, -0.1) is 0 Å². The molecule has 0 aliphatic carbocycles. The van der Waals surface area contributed by atoms with E-state index in [1.165, 1.54) is 24.0 Å². The number of methoxy groups -OCH3 is 1. The van der Waals surface area contributed by atoms with Gasteiger partial charge in [-0.3, -0.25) is 0 Å². The van der Waals surface area contributed by atoms with Gasteiger partial charge in [0, 0.05) is 31.5 Å². The molecule has 1 saturated heterocycles. The van der Waals surface area contributed by atoms with Crippen LogP contribution in [-0.4, -0.2) is 25.1 Å². The van der Waals surface area contributed by atoms with Crippen LogP contribution >= 0.6 is 0 Å². The number of likely N-dealkylation sites (tertiary alicyclic amines) is 1. The molecule has 1 aliphatic heterocycles. The van der Waals surface area contributed by atoms with E-state index in [9.17, 15) is 0 Å². The molecule has 1 fully saturated rings. The number of rotatable bonds is 4. The first-order valence-electron chi connectivity index (χ1n) is 5.84. The standard InChI is InChI=1S/C14H19NO/c1-12(15-9-5-6-10-15)14-8-4-3-7-13(14)11-16-2/h3-4,7-8H,1,5-6,9-11H2,2H3. The van der Waals surface area contributed by atoms with E-state index in [0.29, 0.717) is 6.61 Å². The maximum Gasteiger partial charge on any atom is 0.0719 e. The zero-order valence-electron chi connectivity index (χ0n) is 9.91. The lowest BCUT2D eigenvalue weighted by atomic mass is 10.1. The molecule has 1 heterocycles. The monoisotopic (exact) mass is 217 g/mol. The van der Waals surface area contributed by atoms with Crippen LogP contribution in [0.15, 0.2) is 30.8 Å². The Bertz CT molecular complexity index is 367. The Labute approximate surface area is 97.5 Å². The average molecular weight is 217 g/mol. The fourth-order valence-corrected chi connectivity index (χ4v) is 2.24. The summed E-state index contributed by atoms with van der Waals surface area (Å²) in [7, 11) is 1.73. The quantitative estimate of drug-likeness (QED) is 0.769. The second-order valence-corrected chi connectivity index (χ2v) is 4.23. The molecule has 0 aromatic heterocycles. The van der Waals surface area contributed by atoms with Crippen LogP contribution in [0.2, 0.25) is 0 Å². The van der Waals surface area contributed by atoms with Crippen molar-refractivity contribution in [2.45, 2.75) is 19.4 Å². The van der Waals surface area contributed by atoms with Crippen molar-refractivity contribution in [2.75, 3.05) is 20.2 Å². The SMILES string of the molecule is C=C(c1ccccc1COC)N1CCCC1. The Morgan fingerprint density at radius 3 is 2.69 bits per heavy atom. The third-order valence-electron chi connectivity index (χ3n) is 3.12. The van der Waals surface area contributed by atoms with Crippen LogP contribution < -0.4 is 0 Å². The molecule has 1 aromatic carbocycles. The Morgan fingerprint density at radius 1 is 1.31 bits per heavy atom. The van der Waals surface area contributed by atoms with Gasteiger partial charge in [0.15, 0.2) is 0 Å². The van der Waals surface area contributed by atoms with Crippen molar-refractivity contribution >= 4 is 5.70 Å². The molecule has 1 aliphatic rings. The summed E-state index contributed by atoms with van der Waals surface area (Å²) in [4.78, 5) is 2.37. The smallest absolute Gasteiger partial charge is 0.0719 e. The van der Waals surface area contributed by atoms with E-state index >= 15 is 0 Å². The van der Waals surface area contributed by atoms with Crippen molar-refractivity contribution in [2.24, 2.45) is 0 Å². The number of hydrogen-bond donors (Lipinski definition) is 0. The molecular formula is C14H19NO. The lowest BCUT2D eigenvalue weighted by molar-refractivity contribution is 0.184. The molecule has 0 unspecified atom stereocenters. The van der Waals surface area contributed by atoms with Crippen LogP contribution in [0.25, 0.3) is 5.70 Å². The minimum absolute atomic E-state index is 0.656. The number of nitrogens with zero attached hydrogens (tertiary/aromatic N) is 1. The van der Waals surface area contributed by atoms with Crippen molar-refractivity contribution in [1.29, 1.82) is 0 Å². The van der Waals surface area contributed by atoms with Gasteiger partial charge in [-0.05, 0) is 18.4 Å². The molecule has 0 atom stereocenters. The summed E-state index contributed by atoms with van der Waals surface area (Å²) >= 11 is 0. The van der Waals surface area contributed by atoms with Crippen molar-refractivity contribution in [3.05, 3.63) is 42.0 Å². The molecule has 2 heteroatoms. The van der Waals surface area contributed by atoms with E-state index in [1.807, 2.05) is 0 Å². The highest BCUT2D eigenvalue weighted by Crippen LogP contribution is 2.25. The van der Waals surface area contributed by atoms with Crippen molar-refractivity contribution in [3.8, 4) is 0 Å². The van der Waals surface area contributed by atoms with E-state index in [-0.39, 0.29) is 0 Å². The van der Waals surface area contributed by atoms with Gasteiger partial charge in [0.1, 0.15) is 0 Å². The molecule has 16 heavy (non-hydrogen) atoms. The lowest BCUT2D eigenvalue weighted by Gasteiger charge is -2.22. The molecule has 0 saturated carbocycles. The van der Waals surface area contributed by atoms with E-state index in [1.54, 1.807) is 7.11 Å². The normalized spacial score (nSPS) is 15.4. The Kier molecular flexibility index (Phi) is 3.62. The summed E-state index contributed by atoms with van der Waals surface area (Å²) in [6.07, 6.45) is 2.57. The van der Waals surface area contributed by atoms with Crippen LogP contribution in [0.4, 0.5) is 0 Å². The van der Waals surface area contributed by atoms with Gasteiger partial charge in [0.2, 0.25) is 0 Å². The summed E-state index contributed by atoms with van der Waals surface area (Å²) in [5.74, 6) is 0. The van der Waals surface area contributed by atoms with E-state index in [0.717, 1.165) is 18.8 Å². The molecule has 2 rings (SSSR count). The van der Waals surface area contributed by atoms with Crippen LogP contribution in [-0.2, 0) is 11.3 Å². The van der Waals surface area contributed by atoms with Crippen molar-refractivity contribution in [3.63, 3.8) is 0 Å². The summed E-state index contributed by atoms with van der Waals surface area (Å²) in [5, 5.41) is 0. The fraction of sp³-hybridized carbons (Fsp3) is 0.429. The van der Waals surface area contributed by atoms with Gasteiger partial charge in [0.05, 0.1) is 6.61 Å². The third kappa shape index (κ3) is 2.27. The third-order valence-corrected chi connectivity index (χ3v) is 3.12. The predicted molar refractivity (Wildman–Crippen MR) is 67.0 cm³/mol. The Balaban J connectivity index is 2.21. The molecule has 1 aromatic rings. The van der Waals surface area contributed by atoms with E-state index < -0.39 is 0 Å². The van der Waals surface area contributed by atoms with Crippen LogP contribution in [0, 0.1) is 0 Å². The van der Waals surface area contributed by atoms with Gasteiger partial charge in [-0.2, -0.15) is 0 Å². The van der Waals surface area contributed by atoms with Crippen molar-refractivity contribution < 1.29 is 4.74 Å². The Hall–Kier alpha value is -1.28. The van der Waals surface area contributed by atoms with Gasteiger partial charge >= 0.3 is 0 Å². The number of hydrogen-bond acceptors (Lipinski definition) is 2. The first kappa shape index (κ1) is 11.2. The summed E-state index contributed by atoms with van der Waals surface area (Å²) in [6, 6.07) is 8.36. The molecular weight excluding hydrogens is 198 g/mol. The molecule has 86 valence electrons. The Morgan fingerprint density at radius 2 is 2.00 bits per heavy atom. The second-order valence-electron chi connectivity index (χ2n) is 4.23. The molecule has 0 bridgehead atoms. The summed E-state index contributed by atoms with van der Waals surface area (Å²) < 4.78 is 5.22. The van der Waals surface area contributed by atoms with Crippen LogP contribution in [0.1, 0.15) is 24.0 Å². The van der Waals surface area contributed by atoms with E-state index in [2.05, 4.69) is 35.7 Å². The minimum atomic E-state index is 0.656. The minimum Gasteiger partial charge on any atom is -0.380 e. The highest BCUT2D eigenvalue weighted by molar-refractivity contribution is 5.65. The first-order valence-corrected chi connectivity index (χ1v) is 5.84. The molecule has 0 radical (unpaired) electrons. The zero-order valence-corrected chi connectivity index (χ0v) is 9.91. The lowest BCUT2D eigenvalue weighted by Crippen LogP contribution is -2.17. The first-order chi connectivity index (χ1) is 7.83. The van der Waals surface area contributed by atoms with Crippen molar-refractivity contribution in [1.82, 2.24) is 4.90 Å². The predicted octanol–water partition coefficient (Wildman–Crippen LogP) is 2.90. The largest absolute Gasteiger partial charge is 0.380 e. The maximum atomic E-state index is 5.22. The number of ether oxygens (including phenoxy) is 1. The van der Waals surface area contributed by atoms with Gasteiger partial charge in [-0.25, -0.2) is 0 Å². The highest BCUT2D eigenvalue weighted by atomic mass is 16.5. The molecule has 0 amide bonds. The average Bonchev–Trinajstić information content (AvgIpc) is 2.83. The second kappa shape index (κ2) is 5.17. The van der Waals surface area contributed by atoms with Crippen LogP contribution in [0.3, 0.4) is 0 Å². The maximum absolute atomic E-state index is 5.22. The van der Waals surface area contributed by atoms with Crippen LogP contribution in [0.5, 0.6) is 0 Å². The summed E-state index contributed by atoms with van der Waals surface area (Å²) in [6.45, 7) is 7.15. The molecule has 2 nitrogen and oxygen atoms in total. The van der Waals surface area contributed by atoms with Gasteiger partial charge in [0.25, 0.3) is 0 Å². The van der Waals surface area contributed by atoms with E-state index in [4.69, 9.17) is 4.74 Å². The topological polar surface area (TPSA) is 12.5 Å². The zero-order chi connectivity index (χ0) is 11.4. The van der Waals surface area contributed by atoms with Gasteiger partial charge < -0.3 is 9.64 Å². The molecule has 0 spiro atoms. The molecule has 0 N–H and O–H groups in total. The fourth-order valence-electron chi connectivity index (χ4n) is 2.24. The highest BCUT2D eigenvalue weighted by Gasteiger charge is 2.16. The number of benzene rings is 1. The summed E-state index contributed by atoms with van der Waals surface area (Å²) in [5.41, 5.74) is 3.60. The van der Waals surface area contributed by atoms with Gasteiger partial charge in [-0.1, -0.05) is 30.8 Å².